The summed E-state index contributed by atoms with van der Waals surface area (Å²) < 4.78 is 4.89. The number of anilines is 1. The molecule has 2 rings (SSSR count). The highest BCUT2D eigenvalue weighted by atomic mass is 32.1. The van der Waals surface area contributed by atoms with Gasteiger partial charge in [-0.3, -0.25) is 0 Å². The molecule has 0 saturated carbocycles. The molecular weight excluding hydrogens is 320 g/mol. The van der Waals surface area contributed by atoms with Gasteiger partial charge in [0.15, 0.2) is 22.9 Å². The van der Waals surface area contributed by atoms with Crippen molar-refractivity contribution in [3.63, 3.8) is 0 Å². The molecule has 1 aromatic carbocycles. The molecule has 0 saturated heterocycles. The molecule has 1 heterocycles. The number of ether oxygens (including phenoxy) is 1. The number of phenolic OH excluding ortho intramolecular Hbond substituents is 2. The molecule has 0 fully saturated rings. The monoisotopic (exact) mass is 336 g/mol. The van der Waals surface area contributed by atoms with E-state index in [4.69, 9.17) is 4.74 Å². The van der Waals surface area contributed by atoms with E-state index >= 15 is 0 Å². The number of esters is 1. The fourth-order valence-electron chi connectivity index (χ4n) is 1.62. The molecule has 0 bridgehead atoms. The van der Waals surface area contributed by atoms with E-state index in [0.717, 1.165) is 11.0 Å². The van der Waals surface area contributed by atoms with Crippen molar-refractivity contribution in [1.82, 2.24) is 4.98 Å². The lowest BCUT2D eigenvalue weighted by molar-refractivity contribution is -0.140. The van der Waals surface area contributed by atoms with E-state index in [2.05, 4.69) is 10.3 Å². The number of rotatable bonds is 6. The van der Waals surface area contributed by atoms with Crippen LogP contribution in [0.5, 0.6) is 11.5 Å². The second kappa shape index (κ2) is 7.61. The Labute approximate surface area is 136 Å². The number of aromatic nitrogens is 1. The Morgan fingerprint density at radius 3 is 2.87 bits per heavy atom. The summed E-state index contributed by atoms with van der Waals surface area (Å²) in [6, 6.07) is 4.14. The lowest BCUT2D eigenvalue weighted by atomic mass is 10.2. The summed E-state index contributed by atoms with van der Waals surface area (Å²) in [6.07, 6.45) is 3.19. The van der Waals surface area contributed by atoms with Crippen molar-refractivity contribution in [1.29, 1.82) is 0 Å². The minimum absolute atomic E-state index is 0.234. The molecule has 7 nitrogen and oxygen atoms in total. The van der Waals surface area contributed by atoms with Crippen LogP contribution in [0.4, 0.5) is 5.13 Å². The maximum Gasteiger partial charge on any atom is 0.330 e. The first-order valence-electron chi connectivity index (χ1n) is 6.68. The largest absolute Gasteiger partial charge is 0.504 e. The number of aliphatic hydroxyl groups excluding tert-OH is 1. The first-order chi connectivity index (χ1) is 10.9. The summed E-state index contributed by atoms with van der Waals surface area (Å²) in [5.41, 5.74) is 0.522. The topological polar surface area (TPSA) is 112 Å². The Bertz CT molecular complexity index is 714. The second-order valence-corrected chi connectivity index (χ2v) is 5.88. The zero-order chi connectivity index (χ0) is 16.8. The molecular formula is C15H16N2O5S. The van der Waals surface area contributed by atoms with Crippen LogP contribution >= 0.6 is 11.3 Å². The van der Waals surface area contributed by atoms with Crippen LogP contribution in [0.25, 0.3) is 6.08 Å². The summed E-state index contributed by atoms with van der Waals surface area (Å²) in [6.45, 7) is 1.66. The highest BCUT2D eigenvalue weighted by Crippen LogP contribution is 2.25. The number of hydrogen-bond acceptors (Lipinski definition) is 8. The Kier molecular flexibility index (Phi) is 5.56. The first-order valence-corrected chi connectivity index (χ1v) is 7.49. The number of phenols is 2. The number of nitrogens with zero attached hydrogens (tertiary/aromatic N) is 1. The van der Waals surface area contributed by atoms with Gasteiger partial charge in [-0.05, 0) is 30.7 Å². The highest BCUT2D eigenvalue weighted by Gasteiger charge is 2.09. The molecule has 1 aromatic heterocycles. The minimum Gasteiger partial charge on any atom is -0.504 e. The van der Waals surface area contributed by atoms with E-state index in [-0.39, 0.29) is 18.1 Å². The highest BCUT2D eigenvalue weighted by molar-refractivity contribution is 7.15. The van der Waals surface area contributed by atoms with Gasteiger partial charge in [0.2, 0.25) is 0 Å². The maximum atomic E-state index is 11.6. The second-order valence-electron chi connectivity index (χ2n) is 4.65. The number of benzene rings is 1. The van der Waals surface area contributed by atoms with Crippen molar-refractivity contribution < 1.29 is 24.9 Å². The van der Waals surface area contributed by atoms with Crippen molar-refractivity contribution in [2.75, 3.05) is 11.9 Å². The van der Waals surface area contributed by atoms with Crippen LogP contribution in [0.2, 0.25) is 0 Å². The third-order valence-corrected chi connectivity index (χ3v) is 3.55. The van der Waals surface area contributed by atoms with Gasteiger partial charge < -0.3 is 25.4 Å². The van der Waals surface area contributed by atoms with Crippen LogP contribution in [0.3, 0.4) is 0 Å². The van der Waals surface area contributed by atoms with Crippen LogP contribution in [-0.4, -0.2) is 39.1 Å². The summed E-state index contributed by atoms with van der Waals surface area (Å²) in [5.74, 6) is -1.16. The van der Waals surface area contributed by atoms with Crippen molar-refractivity contribution in [3.05, 3.63) is 40.9 Å². The van der Waals surface area contributed by atoms with Crippen LogP contribution in [0.1, 0.15) is 10.4 Å². The number of hydrogen-bond donors (Lipinski definition) is 4. The number of carbonyl (C=O) groups excluding carboxylic acids is 1. The standard InChI is InChI=1S/C15H16N2O5S/c1-9-7-16-15(23-9)17-13(20)8-22-14(21)5-3-10-2-4-11(18)12(19)6-10/h2-7,13,18-20H,8H2,1H3,(H,16,17)/b5-3+. The molecule has 23 heavy (non-hydrogen) atoms. The Balaban J connectivity index is 1.79. The number of aryl methyl sites for hydroxylation is 1. The zero-order valence-electron chi connectivity index (χ0n) is 12.3. The van der Waals surface area contributed by atoms with E-state index in [9.17, 15) is 20.1 Å². The number of nitrogens with one attached hydrogen (secondary N) is 1. The average molecular weight is 336 g/mol. The lowest BCUT2D eigenvalue weighted by Gasteiger charge is -2.11. The van der Waals surface area contributed by atoms with E-state index in [1.807, 2.05) is 6.92 Å². The van der Waals surface area contributed by atoms with Crippen LogP contribution in [-0.2, 0) is 9.53 Å². The third kappa shape index (κ3) is 5.28. The lowest BCUT2D eigenvalue weighted by Crippen LogP contribution is -2.25. The predicted octanol–water partition coefficient (Wildman–Crippen LogP) is 1.85. The molecule has 0 aliphatic rings. The minimum atomic E-state index is -1.06. The van der Waals surface area contributed by atoms with Gasteiger partial charge in [0.05, 0.1) is 0 Å². The number of thiazole rings is 1. The molecule has 0 spiro atoms. The van der Waals surface area contributed by atoms with Crippen LogP contribution in [0, 0.1) is 6.92 Å². The fraction of sp³-hybridized carbons (Fsp3) is 0.200. The number of aromatic hydroxyl groups is 2. The average Bonchev–Trinajstić information content (AvgIpc) is 2.91. The van der Waals surface area contributed by atoms with E-state index in [1.165, 1.54) is 35.6 Å². The van der Waals surface area contributed by atoms with Crippen molar-refractivity contribution >= 4 is 28.5 Å². The molecule has 1 atom stereocenters. The molecule has 0 radical (unpaired) electrons. The Morgan fingerprint density at radius 1 is 1.43 bits per heavy atom. The molecule has 1 unspecified atom stereocenters. The SMILES string of the molecule is Cc1cnc(NC(O)COC(=O)/C=C/c2ccc(O)c(O)c2)s1. The number of aliphatic hydroxyl groups is 1. The molecule has 122 valence electrons. The summed E-state index contributed by atoms with van der Waals surface area (Å²) in [5, 5.41) is 31.5. The van der Waals surface area contributed by atoms with Gasteiger partial charge in [0, 0.05) is 17.2 Å². The third-order valence-electron chi connectivity index (χ3n) is 2.71. The van der Waals surface area contributed by atoms with E-state index in [0.29, 0.717) is 10.7 Å². The van der Waals surface area contributed by atoms with Gasteiger partial charge in [-0.1, -0.05) is 6.07 Å². The van der Waals surface area contributed by atoms with Crippen molar-refractivity contribution in [2.45, 2.75) is 13.2 Å². The summed E-state index contributed by atoms with van der Waals surface area (Å²) >= 11 is 1.38. The first kappa shape index (κ1) is 16.8. The summed E-state index contributed by atoms with van der Waals surface area (Å²) in [7, 11) is 0. The van der Waals surface area contributed by atoms with Gasteiger partial charge >= 0.3 is 5.97 Å². The van der Waals surface area contributed by atoms with E-state index < -0.39 is 12.2 Å². The van der Waals surface area contributed by atoms with Crippen molar-refractivity contribution in [2.24, 2.45) is 0 Å². The van der Waals surface area contributed by atoms with Crippen LogP contribution < -0.4 is 5.32 Å². The van der Waals surface area contributed by atoms with Gasteiger partial charge in [-0.25, -0.2) is 9.78 Å². The van der Waals surface area contributed by atoms with Gasteiger partial charge in [0.25, 0.3) is 0 Å². The summed E-state index contributed by atoms with van der Waals surface area (Å²) in [4.78, 5) is 16.6. The molecule has 4 N–H and O–H groups in total. The molecule has 0 amide bonds. The van der Waals surface area contributed by atoms with Gasteiger partial charge in [-0.15, -0.1) is 11.3 Å². The van der Waals surface area contributed by atoms with Gasteiger partial charge in [-0.2, -0.15) is 0 Å². The fourth-order valence-corrected chi connectivity index (χ4v) is 2.33. The maximum absolute atomic E-state index is 11.6. The van der Waals surface area contributed by atoms with E-state index in [1.54, 1.807) is 6.20 Å². The molecule has 2 aromatic rings. The smallest absolute Gasteiger partial charge is 0.330 e. The molecule has 8 heteroatoms. The predicted molar refractivity (Wildman–Crippen MR) is 86.2 cm³/mol. The van der Waals surface area contributed by atoms with Crippen molar-refractivity contribution in [3.8, 4) is 11.5 Å². The Morgan fingerprint density at radius 2 is 2.22 bits per heavy atom. The normalized spacial score (nSPS) is 12.3. The van der Waals surface area contributed by atoms with Crippen LogP contribution in [0.15, 0.2) is 30.5 Å². The Hall–Kier alpha value is -2.58. The number of carbonyl (C=O) groups is 1. The molecule has 0 aliphatic carbocycles. The quantitative estimate of drug-likeness (QED) is 0.276. The van der Waals surface area contributed by atoms with Gasteiger partial charge in [0.1, 0.15) is 6.61 Å². The zero-order valence-corrected chi connectivity index (χ0v) is 13.1. The molecule has 0 aliphatic heterocycles.